The number of aliphatic hydroxyl groups is 1. The lowest BCUT2D eigenvalue weighted by molar-refractivity contribution is 0.128. The van der Waals surface area contributed by atoms with E-state index in [-0.39, 0.29) is 18.4 Å². The van der Waals surface area contributed by atoms with Crippen LogP contribution in [0.25, 0.3) is 0 Å². The zero-order valence-corrected chi connectivity index (χ0v) is 13.0. The van der Waals surface area contributed by atoms with Gasteiger partial charge >= 0.3 is 0 Å². The molecule has 0 fully saturated rings. The van der Waals surface area contributed by atoms with Crippen LogP contribution in [0, 0.1) is 12.8 Å². The second-order valence-corrected chi connectivity index (χ2v) is 5.29. The number of hydrogen-bond donors (Lipinski definition) is 2. The molecule has 0 aromatic heterocycles. The predicted octanol–water partition coefficient (Wildman–Crippen LogP) is 3.22. The fourth-order valence-corrected chi connectivity index (χ4v) is 2.04. The summed E-state index contributed by atoms with van der Waals surface area (Å²) in [6.07, 6.45) is 1.24. The van der Waals surface area contributed by atoms with E-state index in [1.165, 1.54) is 0 Å². The monoisotopic (exact) mass is 287 g/mol. The molecule has 0 bridgehead atoms. The van der Waals surface area contributed by atoms with Crippen molar-refractivity contribution in [3.8, 4) is 5.75 Å². The van der Waals surface area contributed by atoms with Crippen molar-refractivity contribution in [3.63, 3.8) is 0 Å². The first-order valence-corrected chi connectivity index (χ1v) is 6.54. The molecule has 0 aliphatic rings. The largest absolute Gasteiger partial charge is 0.497 e. The van der Waals surface area contributed by atoms with Crippen molar-refractivity contribution < 1.29 is 9.84 Å². The Hall–Kier alpha value is -0.770. The van der Waals surface area contributed by atoms with E-state index < -0.39 is 6.10 Å². The van der Waals surface area contributed by atoms with E-state index in [1.807, 2.05) is 25.1 Å². The first-order chi connectivity index (χ1) is 8.45. The molecule has 1 aromatic carbocycles. The minimum atomic E-state index is -0.487. The molecule has 0 saturated heterocycles. The second-order valence-electron chi connectivity index (χ2n) is 5.29. The van der Waals surface area contributed by atoms with E-state index in [0.717, 1.165) is 29.7 Å². The van der Waals surface area contributed by atoms with Crippen LogP contribution >= 0.6 is 12.4 Å². The highest BCUT2D eigenvalue weighted by Crippen LogP contribution is 2.25. The maximum atomic E-state index is 10.1. The van der Waals surface area contributed by atoms with Gasteiger partial charge in [-0.1, -0.05) is 19.9 Å². The summed E-state index contributed by atoms with van der Waals surface area (Å²) in [6, 6.07) is 5.45. The summed E-state index contributed by atoms with van der Waals surface area (Å²) in [5, 5.41) is 10.1. The van der Waals surface area contributed by atoms with Gasteiger partial charge in [-0.2, -0.15) is 0 Å². The topological polar surface area (TPSA) is 55.5 Å². The molecule has 0 aliphatic heterocycles. The summed E-state index contributed by atoms with van der Waals surface area (Å²) >= 11 is 0. The molecule has 3 N–H and O–H groups in total. The third-order valence-corrected chi connectivity index (χ3v) is 3.29. The van der Waals surface area contributed by atoms with Crippen molar-refractivity contribution in [2.45, 2.75) is 45.8 Å². The number of methoxy groups -OCH3 is 1. The highest BCUT2D eigenvalue weighted by atomic mass is 35.5. The van der Waals surface area contributed by atoms with Crippen molar-refractivity contribution in [1.29, 1.82) is 0 Å². The molecule has 1 aromatic rings. The number of hydrogen-bond acceptors (Lipinski definition) is 3. The lowest BCUT2D eigenvalue weighted by Crippen LogP contribution is -2.27. The first kappa shape index (κ1) is 18.2. The number of ether oxygens (including phenoxy) is 1. The van der Waals surface area contributed by atoms with Gasteiger partial charge in [0.25, 0.3) is 0 Å². The molecule has 3 nitrogen and oxygen atoms in total. The van der Waals surface area contributed by atoms with Crippen molar-refractivity contribution in [3.05, 3.63) is 29.3 Å². The molecule has 0 heterocycles. The van der Waals surface area contributed by atoms with Crippen LogP contribution in [-0.4, -0.2) is 18.3 Å². The third-order valence-electron chi connectivity index (χ3n) is 3.29. The molecule has 0 saturated carbocycles. The Kier molecular flexibility index (Phi) is 8.07. The van der Waals surface area contributed by atoms with Crippen molar-refractivity contribution in [1.82, 2.24) is 0 Å². The highest BCUT2D eigenvalue weighted by molar-refractivity contribution is 5.85. The Labute approximate surface area is 122 Å². The quantitative estimate of drug-likeness (QED) is 0.845. The van der Waals surface area contributed by atoms with Gasteiger partial charge in [0.15, 0.2) is 0 Å². The Balaban J connectivity index is 0.00000324. The van der Waals surface area contributed by atoms with Crippen LogP contribution < -0.4 is 10.5 Å². The third kappa shape index (κ3) is 5.39. The van der Waals surface area contributed by atoms with Gasteiger partial charge in [-0.15, -0.1) is 12.4 Å². The van der Waals surface area contributed by atoms with Gasteiger partial charge in [0.1, 0.15) is 5.75 Å². The van der Waals surface area contributed by atoms with E-state index in [1.54, 1.807) is 7.11 Å². The number of halogens is 1. The van der Waals surface area contributed by atoms with Gasteiger partial charge < -0.3 is 15.6 Å². The number of nitrogens with two attached hydrogens (primary N) is 1. The standard InChI is InChI=1S/C15H25NO2.ClH/c1-10(2)5-8-14(17)15(16)13-7-6-12(18-4)9-11(13)3;/h6-7,9-10,14-15,17H,5,8,16H2,1-4H3;1H/t14-,15+;/m0./s1. The minimum Gasteiger partial charge on any atom is -0.497 e. The normalized spacial score (nSPS) is 13.8. The van der Waals surface area contributed by atoms with E-state index in [0.29, 0.717) is 5.92 Å². The van der Waals surface area contributed by atoms with E-state index >= 15 is 0 Å². The summed E-state index contributed by atoms with van der Waals surface area (Å²) in [6.45, 7) is 6.29. The Morgan fingerprint density at radius 1 is 1.26 bits per heavy atom. The van der Waals surface area contributed by atoms with E-state index in [2.05, 4.69) is 13.8 Å². The summed E-state index contributed by atoms with van der Waals surface area (Å²) in [4.78, 5) is 0. The van der Waals surface area contributed by atoms with Gasteiger partial charge in [-0.05, 0) is 48.9 Å². The van der Waals surface area contributed by atoms with Crippen molar-refractivity contribution in [2.24, 2.45) is 11.7 Å². The number of benzene rings is 1. The maximum absolute atomic E-state index is 10.1. The summed E-state index contributed by atoms with van der Waals surface area (Å²) < 4.78 is 5.17. The molecule has 19 heavy (non-hydrogen) atoms. The van der Waals surface area contributed by atoms with Gasteiger partial charge in [-0.25, -0.2) is 0 Å². The van der Waals surface area contributed by atoms with Gasteiger partial charge in [-0.3, -0.25) is 0 Å². The minimum absolute atomic E-state index is 0. The summed E-state index contributed by atoms with van der Waals surface area (Å²) in [5.74, 6) is 1.41. The van der Waals surface area contributed by atoms with Gasteiger partial charge in [0, 0.05) is 0 Å². The molecule has 0 amide bonds. The molecule has 0 aliphatic carbocycles. The van der Waals surface area contributed by atoms with Crippen LogP contribution in [-0.2, 0) is 0 Å². The summed E-state index contributed by atoms with van der Waals surface area (Å²) in [5.41, 5.74) is 8.18. The molecule has 110 valence electrons. The zero-order chi connectivity index (χ0) is 13.7. The van der Waals surface area contributed by atoms with Crippen LogP contribution in [0.3, 0.4) is 0 Å². The Morgan fingerprint density at radius 3 is 2.37 bits per heavy atom. The maximum Gasteiger partial charge on any atom is 0.119 e. The molecule has 1 rings (SSSR count). The van der Waals surface area contributed by atoms with Gasteiger partial charge in [0.2, 0.25) is 0 Å². The first-order valence-electron chi connectivity index (χ1n) is 6.54. The molecular formula is C15H26ClNO2. The predicted molar refractivity (Wildman–Crippen MR) is 82.0 cm³/mol. The number of aliphatic hydroxyl groups excluding tert-OH is 1. The summed E-state index contributed by atoms with van der Waals surface area (Å²) in [7, 11) is 1.64. The lowest BCUT2D eigenvalue weighted by atomic mass is 9.93. The second kappa shape index (κ2) is 8.41. The van der Waals surface area contributed by atoms with Crippen molar-refractivity contribution >= 4 is 12.4 Å². The van der Waals surface area contributed by atoms with E-state index in [4.69, 9.17) is 10.5 Å². The molecule has 4 heteroatoms. The molecule has 0 unspecified atom stereocenters. The average Bonchev–Trinajstić information content (AvgIpc) is 2.34. The number of rotatable bonds is 6. The smallest absolute Gasteiger partial charge is 0.119 e. The highest BCUT2D eigenvalue weighted by Gasteiger charge is 2.18. The van der Waals surface area contributed by atoms with Gasteiger partial charge in [0.05, 0.1) is 19.3 Å². The zero-order valence-electron chi connectivity index (χ0n) is 12.2. The molecule has 0 spiro atoms. The van der Waals surface area contributed by atoms with Crippen LogP contribution in [0.5, 0.6) is 5.75 Å². The Bertz CT molecular complexity index is 382. The number of aryl methyl sites for hydroxylation is 1. The molecular weight excluding hydrogens is 262 g/mol. The van der Waals surface area contributed by atoms with Crippen LogP contribution in [0.1, 0.15) is 43.9 Å². The van der Waals surface area contributed by atoms with E-state index in [9.17, 15) is 5.11 Å². The SMILES string of the molecule is COc1ccc([C@@H](N)[C@@H](O)CCC(C)C)c(C)c1.Cl. The average molecular weight is 288 g/mol. The fourth-order valence-electron chi connectivity index (χ4n) is 2.04. The van der Waals surface area contributed by atoms with Crippen LogP contribution in [0.4, 0.5) is 0 Å². The van der Waals surface area contributed by atoms with Crippen molar-refractivity contribution in [2.75, 3.05) is 7.11 Å². The lowest BCUT2D eigenvalue weighted by Gasteiger charge is -2.22. The van der Waals surface area contributed by atoms with Crippen LogP contribution in [0.2, 0.25) is 0 Å². The van der Waals surface area contributed by atoms with Crippen LogP contribution in [0.15, 0.2) is 18.2 Å². The molecule has 0 radical (unpaired) electrons. The molecule has 2 atom stereocenters. The Morgan fingerprint density at radius 2 is 1.89 bits per heavy atom. The fraction of sp³-hybridized carbons (Fsp3) is 0.600.